The molecule has 0 radical (unpaired) electrons. The smallest absolute Gasteiger partial charge is 0.225 e. The van der Waals surface area contributed by atoms with Crippen LogP contribution in [-0.4, -0.2) is 25.0 Å². The second-order valence-electron chi connectivity index (χ2n) is 6.39. The molecule has 1 aromatic rings. The summed E-state index contributed by atoms with van der Waals surface area (Å²) in [7, 11) is 0. The van der Waals surface area contributed by atoms with Gasteiger partial charge in [-0.1, -0.05) is 51.1 Å². The lowest BCUT2D eigenvalue weighted by atomic mass is 9.85. The van der Waals surface area contributed by atoms with Crippen molar-refractivity contribution in [1.82, 2.24) is 10.6 Å². The summed E-state index contributed by atoms with van der Waals surface area (Å²) in [6, 6.07) is 10.8. The number of hydrogen-bond acceptors (Lipinski definition) is 2. The fraction of sp³-hybridized carbons (Fsp3) is 0.611. The van der Waals surface area contributed by atoms with Crippen LogP contribution in [0.3, 0.4) is 0 Å². The van der Waals surface area contributed by atoms with Gasteiger partial charge in [-0.2, -0.15) is 0 Å². The molecule has 0 aliphatic carbocycles. The Hall–Kier alpha value is -1.06. The Bertz CT molecular complexity index is 420. The molecule has 0 saturated carbocycles. The lowest BCUT2D eigenvalue weighted by molar-refractivity contribution is -0.129. The van der Waals surface area contributed by atoms with E-state index in [2.05, 4.69) is 48.7 Å². The van der Waals surface area contributed by atoms with Gasteiger partial charge in [0.25, 0.3) is 0 Å². The zero-order valence-corrected chi connectivity index (χ0v) is 15.1. The van der Waals surface area contributed by atoms with Crippen LogP contribution >= 0.6 is 12.4 Å². The van der Waals surface area contributed by atoms with Crippen LogP contribution in [0.5, 0.6) is 0 Å². The predicted molar refractivity (Wildman–Crippen MR) is 96.6 cm³/mol. The van der Waals surface area contributed by atoms with Gasteiger partial charge < -0.3 is 10.6 Å². The number of benzene rings is 1. The monoisotopic (exact) mass is 326 g/mol. The minimum absolute atomic E-state index is 0. The van der Waals surface area contributed by atoms with Gasteiger partial charge in [-0.05, 0) is 38.3 Å². The van der Waals surface area contributed by atoms with E-state index in [1.807, 2.05) is 19.9 Å². The van der Waals surface area contributed by atoms with Crippen molar-refractivity contribution in [2.75, 3.05) is 13.1 Å². The van der Waals surface area contributed by atoms with E-state index in [9.17, 15) is 4.79 Å². The minimum Gasteiger partial charge on any atom is -0.354 e. The van der Waals surface area contributed by atoms with E-state index in [-0.39, 0.29) is 23.7 Å². The topological polar surface area (TPSA) is 41.1 Å². The van der Waals surface area contributed by atoms with Crippen LogP contribution < -0.4 is 10.6 Å². The highest BCUT2D eigenvalue weighted by atomic mass is 35.5. The Morgan fingerprint density at radius 3 is 2.45 bits per heavy atom. The third-order valence-electron chi connectivity index (χ3n) is 3.85. The van der Waals surface area contributed by atoms with Crippen LogP contribution in [0.25, 0.3) is 0 Å². The first-order chi connectivity index (χ1) is 9.95. The molecule has 0 aliphatic rings. The lowest BCUT2D eigenvalue weighted by Crippen LogP contribution is -2.43. The van der Waals surface area contributed by atoms with E-state index in [1.54, 1.807) is 0 Å². The van der Waals surface area contributed by atoms with Gasteiger partial charge in [0, 0.05) is 18.0 Å². The van der Waals surface area contributed by atoms with Gasteiger partial charge in [-0.25, -0.2) is 0 Å². The average Bonchev–Trinajstić information content (AvgIpc) is 2.46. The highest BCUT2D eigenvalue weighted by Crippen LogP contribution is 2.23. The Morgan fingerprint density at radius 1 is 1.23 bits per heavy atom. The van der Waals surface area contributed by atoms with E-state index in [0.29, 0.717) is 12.6 Å². The second kappa shape index (κ2) is 10.6. The first-order valence-corrected chi connectivity index (χ1v) is 8.01. The largest absolute Gasteiger partial charge is 0.354 e. The van der Waals surface area contributed by atoms with Crippen LogP contribution in [0.4, 0.5) is 0 Å². The lowest BCUT2D eigenvalue weighted by Gasteiger charge is -2.25. The van der Waals surface area contributed by atoms with E-state index >= 15 is 0 Å². The summed E-state index contributed by atoms with van der Waals surface area (Å²) in [5, 5.41) is 6.36. The molecule has 0 aromatic heterocycles. The molecular weight excluding hydrogens is 296 g/mol. The molecular formula is C18H31ClN2O. The summed E-state index contributed by atoms with van der Waals surface area (Å²) in [6.45, 7) is 9.85. The molecule has 1 rings (SSSR count). The first-order valence-electron chi connectivity index (χ1n) is 8.01. The number of aryl methyl sites for hydroxylation is 1. The molecule has 0 heterocycles. The van der Waals surface area contributed by atoms with Crippen LogP contribution in [0, 0.1) is 5.41 Å². The van der Waals surface area contributed by atoms with Crippen LogP contribution in [0.15, 0.2) is 30.3 Å². The summed E-state index contributed by atoms with van der Waals surface area (Å²) in [4.78, 5) is 12.3. The van der Waals surface area contributed by atoms with Crippen molar-refractivity contribution in [1.29, 1.82) is 0 Å². The summed E-state index contributed by atoms with van der Waals surface area (Å²) < 4.78 is 0. The van der Waals surface area contributed by atoms with Gasteiger partial charge in [0.05, 0.1) is 0 Å². The number of hydrogen-bond donors (Lipinski definition) is 2. The number of likely N-dealkylation sites (N-methyl/N-ethyl adjacent to an activating group) is 1. The van der Waals surface area contributed by atoms with Crippen LogP contribution in [-0.2, 0) is 11.2 Å². The Kier molecular flexibility index (Phi) is 10.1. The van der Waals surface area contributed by atoms with Gasteiger partial charge in [-0.15, -0.1) is 12.4 Å². The number of amides is 1. The van der Waals surface area contributed by atoms with Gasteiger partial charge >= 0.3 is 0 Å². The van der Waals surface area contributed by atoms with Crippen molar-refractivity contribution in [3.8, 4) is 0 Å². The second-order valence-corrected chi connectivity index (χ2v) is 6.39. The molecule has 0 bridgehead atoms. The third-order valence-corrected chi connectivity index (χ3v) is 3.85. The number of carbonyl (C=O) groups excluding carboxylic acids is 1. The third kappa shape index (κ3) is 7.81. The minimum atomic E-state index is -0.305. The average molecular weight is 327 g/mol. The molecule has 0 unspecified atom stereocenters. The number of rotatable bonds is 9. The van der Waals surface area contributed by atoms with Gasteiger partial charge in [-0.3, -0.25) is 4.79 Å². The SMILES string of the molecule is CCN[C@H](C)CNC(=O)C(C)(C)CCCc1ccccc1.Cl. The molecule has 0 saturated heterocycles. The molecule has 0 spiro atoms. The van der Waals surface area contributed by atoms with Crippen molar-refractivity contribution in [3.63, 3.8) is 0 Å². The van der Waals surface area contributed by atoms with E-state index in [0.717, 1.165) is 25.8 Å². The predicted octanol–water partition coefficient (Wildman–Crippen LogP) is 3.57. The summed E-state index contributed by atoms with van der Waals surface area (Å²) in [5.41, 5.74) is 1.04. The molecule has 0 aliphatic heterocycles. The molecule has 1 atom stereocenters. The van der Waals surface area contributed by atoms with E-state index in [1.165, 1.54) is 5.56 Å². The molecule has 22 heavy (non-hydrogen) atoms. The first kappa shape index (κ1) is 20.9. The van der Waals surface area contributed by atoms with Crippen molar-refractivity contribution in [2.24, 2.45) is 5.41 Å². The number of carbonyl (C=O) groups is 1. The molecule has 4 heteroatoms. The standard InChI is InChI=1S/C18H30N2O.ClH/c1-5-19-15(2)14-20-17(21)18(3,4)13-9-12-16-10-7-6-8-11-16;/h6-8,10-11,15,19H,5,9,12-14H2,1-4H3,(H,20,21);1H/t15-;/m1./s1. The van der Waals surface area contributed by atoms with Crippen molar-refractivity contribution in [2.45, 2.75) is 53.0 Å². The zero-order valence-electron chi connectivity index (χ0n) is 14.3. The number of halogens is 1. The maximum absolute atomic E-state index is 12.3. The zero-order chi connectivity index (χ0) is 15.7. The molecule has 126 valence electrons. The fourth-order valence-electron chi connectivity index (χ4n) is 2.40. The highest BCUT2D eigenvalue weighted by Gasteiger charge is 2.26. The highest BCUT2D eigenvalue weighted by molar-refractivity contribution is 5.85. The number of nitrogens with one attached hydrogen (secondary N) is 2. The van der Waals surface area contributed by atoms with Crippen LogP contribution in [0.1, 0.15) is 46.1 Å². The summed E-state index contributed by atoms with van der Waals surface area (Å²) in [6.07, 6.45) is 2.97. The van der Waals surface area contributed by atoms with E-state index < -0.39 is 0 Å². The normalized spacial score (nSPS) is 12.4. The quantitative estimate of drug-likeness (QED) is 0.728. The van der Waals surface area contributed by atoms with Crippen LogP contribution in [0.2, 0.25) is 0 Å². The molecule has 1 amide bonds. The van der Waals surface area contributed by atoms with Gasteiger partial charge in [0.1, 0.15) is 0 Å². The molecule has 3 nitrogen and oxygen atoms in total. The molecule has 0 fully saturated rings. The van der Waals surface area contributed by atoms with E-state index in [4.69, 9.17) is 0 Å². The summed E-state index contributed by atoms with van der Waals surface area (Å²) in [5.74, 6) is 0.153. The van der Waals surface area contributed by atoms with Crippen molar-refractivity contribution in [3.05, 3.63) is 35.9 Å². The Labute approximate surface area is 141 Å². The Morgan fingerprint density at radius 2 is 1.86 bits per heavy atom. The van der Waals surface area contributed by atoms with Crippen molar-refractivity contribution < 1.29 is 4.79 Å². The molecule has 2 N–H and O–H groups in total. The van der Waals surface area contributed by atoms with Crippen molar-refractivity contribution >= 4 is 18.3 Å². The Balaban J connectivity index is 0.00000441. The molecule has 1 aromatic carbocycles. The van der Waals surface area contributed by atoms with Gasteiger partial charge in [0.2, 0.25) is 5.91 Å². The fourth-order valence-corrected chi connectivity index (χ4v) is 2.40. The summed E-state index contributed by atoms with van der Waals surface area (Å²) >= 11 is 0. The van der Waals surface area contributed by atoms with Gasteiger partial charge in [0.15, 0.2) is 0 Å². The maximum Gasteiger partial charge on any atom is 0.225 e. The maximum atomic E-state index is 12.3.